The molecule has 0 spiro atoms. The minimum atomic E-state index is -4.85. The number of halogens is 6. The highest BCUT2D eigenvalue weighted by Crippen LogP contribution is 2.36. The number of alkyl halides is 4. The number of hydrogen-bond acceptors (Lipinski definition) is 7. The van der Waals surface area contributed by atoms with Crippen LogP contribution >= 0.6 is 11.6 Å². The molecule has 0 amide bonds. The summed E-state index contributed by atoms with van der Waals surface area (Å²) in [5, 5.41) is 5.74. The Morgan fingerprint density at radius 1 is 1.23 bits per heavy atom. The van der Waals surface area contributed by atoms with Crippen LogP contribution in [0.4, 0.5) is 27.9 Å². The summed E-state index contributed by atoms with van der Waals surface area (Å²) in [6.07, 6.45) is -2.68. The van der Waals surface area contributed by atoms with E-state index in [4.69, 9.17) is 11.6 Å². The Morgan fingerprint density at radius 3 is 2.59 bits per heavy atom. The molecule has 0 bridgehead atoms. The number of imidazole rings is 1. The van der Waals surface area contributed by atoms with Gasteiger partial charge < -0.3 is 15.2 Å². The van der Waals surface area contributed by atoms with Gasteiger partial charge in [-0.25, -0.2) is 32.2 Å². The molecule has 1 aliphatic rings. The van der Waals surface area contributed by atoms with Crippen molar-refractivity contribution in [1.82, 2.24) is 29.1 Å². The average molecular weight is 594 g/mol. The van der Waals surface area contributed by atoms with Crippen LogP contribution in [0.1, 0.15) is 24.5 Å². The molecule has 16 heteroatoms. The van der Waals surface area contributed by atoms with E-state index in [-0.39, 0.29) is 35.3 Å². The molecule has 1 aromatic carbocycles. The van der Waals surface area contributed by atoms with Crippen LogP contribution in [0.5, 0.6) is 0 Å². The second-order valence-corrected chi connectivity index (χ2v) is 11.4. The van der Waals surface area contributed by atoms with Gasteiger partial charge in [-0.1, -0.05) is 18.5 Å². The summed E-state index contributed by atoms with van der Waals surface area (Å²) in [5.74, 6) is -1.00. The van der Waals surface area contributed by atoms with Crippen molar-refractivity contribution in [2.24, 2.45) is 0 Å². The van der Waals surface area contributed by atoms with Gasteiger partial charge in [-0.15, -0.1) is 0 Å². The van der Waals surface area contributed by atoms with Gasteiger partial charge in [0, 0.05) is 32.0 Å². The van der Waals surface area contributed by atoms with Gasteiger partial charge in [0.1, 0.15) is 41.0 Å². The summed E-state index contributed by atoms with van der Waals surface area (Å²) in [6, 6.07) is 1.87. The highest BCUT2D eigenvalue weighted by Gasteiger charge is 2.37. The fraction of sp³-hybridized carbons (Fsp3) is 0.435. The molecule has 4 rings (SSSR count). The van der Waals surface area contributed by atoms with Gasteiger partial charge >= 0.3 is 6.18 Å². The molecule has 1 saturated heterocycles. The Labute approximate surface area is 226 Å². The van der Waals surface area contributed by atoms with Gasteiger partial charge in [-0.2, -0.15) is 17.5 Å². The molecule has 1 fully saturated rings. The quantitative estimate of drug-likeness (QED) is 0.380. The first kappa shape index (κ1) is 29.1. The summed E-state index contributed by atoms with van der Waals surface area (Å²) in [4.78, 5) is 11.6. The van der Waals surface area contributed by atoms with Crippen molar-refractivity contribution in [3.63, 3.8) is 0 Å². The fourth-order valence-corrected chi connectivity index (χ4v) is 5.34. The summed E-state index contributed by atoms with van der Waals surface area (Å²) >= 11 is 6.28. The lowest BCUT2D eigenvalue weighted by atomic mass is 10.1. The van der Waals surface area contributed by atoms with E-state index in [0.717, 1.165) is 27.7 Å². The number of benzene rings is 1. The molecule has 39 heavy (non-hydrogen) atoms. The topological polar surface area (TPSA) is 105 Å². The first-order valence-corrected chi connectivity index (χ1v) is 14.0. The van der Waals surface area contributed by atoms with E-state index in [9.17, 15) is 30.4 Å². The van der Waals surface area contributed by atoms with Crippen molar-refractivity contribution in [1.29, 1.82) is 0 Å². The van der Waals surface area contributed by atoms with Crippen molar-refractivity contribution in [2.75, 3.05) is 31.2 Å². The van der Waals surface area contributed by atoms with E-state index in [1.165, 1.54) is 6.07 Å². The zero-order valence-electron chi connectivity index (χ0n) is 20.8. The Morgan fingerprint density at radius 2 is 1.97 bits per heavy atom. The lowest BCUT2D eigenvalue weighted by Crippen LogP contribution is -2.49. The molecule has 2 N–H and O–H groups in total. The van der Waals surface area contributed by atoms with Crippen LogP contribution in [0.3, 0.4) is 0 Å². The van der Waals surface area contributed by atoms with Crippen molar-refractivity contribution >= 4 is 27.6 Å². The van der Waals surface area contributed by atoms with Crippen LogP contribution in [-0.2, 0) is 22.7 Å². The number of nitrogens with zero attached hydrogens (tertiary/aromatic N) is 5. The molecule has 0 radical (unpaired) electrons. The number of sulfonamides is 1. The van der Waals surface area contributed by atoms with Gasteiger partial charge in [-0.3, -0.25) is 0 Å². The number of nitrogens with one attached hydrogen (secondary N) is 2. The molecule has 9 nitrogen and oxygen atoms in total. The van der Waals surface area contributed by atoms with Crippen LogP contribution in [-0.4, -0.2) is 70.3 Å². The molecule has 3 aromatic rings. The van der Waals surface area contributed by atoms with Crippen LogP contribution in [0.2, 0.25) is 5.02 Å². The molecular weight excluding hydrogens is 569 g/mol. The molecule has 212 valence electrons. The maximum atomic E-state index is 14.9. The first-order valence-electron chi connectivity index (χ1n) is 11.8. The number of rotatable bonds is 8. The SMILES string of the molecule is CCNCc1cc(F)c(-n2cnc(-c3nc(N[C@@H]4CCN(S(C)(=O)=O)C[C@H]4F)ncc3C(F)(F)F)c2)c(Cl)c1. The zero-order chi connectivity index (χ0) is 28.5. The minimum Gasteiger partial charge on any atom is -0.348 e. The predicted octanol–water partition coefficient (Wildman–Crippen LogP) is 4.03. The number of aromatic nitrogens is 4. The smallest absolute Gasteiger partial charge is 0.348 e. The molecule has 3 heterocycles. The summed E-state index contributed by atoms with van der Waals surface area (Å²) in [6.45, 7) is 2.54. The third-order valence-electron chi connectivity index (χ3n) is 6.12. The second kappa shape index (κ2) is 11.3. The van der Waals surface area contributed by atoms with E-state index < -0.39 is 52.0 Å². The Kier molecular flexibility index (Phi) is 8.44. The molecule has 1 aliphatic heterocycles. The summed E-state index contributed by atoms with van der Waals surface area (Å²) < 4.78 is 96.5. The van der Waals surface area contributed by atoms with Crippen LogP contribution in [0.25, 0.3) is 17.1 Å². The van der Waals surface area contributed by atoms with Crippen molar-refractivity contribution < 1.29 is 30.4 Å². The first-order chi connectivity index (χ1) is 18.3. The lowest BCUT2D eigenvalue weighted by molar-refractivity contribution is -0.137. The Balaban J connectivity index is 1.64. The maximum Gasteiger partial charge on any atom is 0.420 e. The molecule has 0 aliphatic carbocycles. The van der Waals surface area contributed by atoms with Crippen LogP contribution in [0, 0.1) is 5.82 Å². The van der Waals surface area contributed by atoms with Crippen molar-refractivity contribution in [3.8, 4) is 17.1 Å². The van der Waals surface area contributed by atoms with Gasteiger partial charge in [0.15, 0.2) is 0 Å². The van der Waals surface area contributed by atoms with E-state index in [1.807, 2.05) is 6.92 Å². The molecule has 2 atom stereocenters. The molecule has 2 aromatic heterocycles. The Hall–Kier alpha value is -2.88. The third kappa shape index (κ3) is 6.65. The maximum absolute atomic E-state index is 14.9. The van der Waals surface area contributed by atoms with Crippen LogP contribution < -0.4 is 10.6 Å². The van der Waals surface area contributed by atoms with E-state index in [2.05, 4.69) is 25.6 Å². The number of anilines is 1. The normalized spacial score (nSPS) is 18.9. The number of piperidine rings is 1. The standard InChI is InChI=1S/C23H25ClF5N7O2S/c1-3-30-8-13-6-15(24)21(16(25)7-13)35-11-19(32-12-35)20-14(23(27,28)29)9-31-22(34-20)33-18-4-5-36(10-17(18)26)39(2,37)38/h6-7,9,11-12,17-18,30H,3-5,8,10H2,1-2H3,(H,31,33,34)/t17-,18-/m1/s1. The molecule has 0 saturated carbocycles. The molecular formula is C23H25ClF5N7O2S. The highest BCUT2D eigenvalue weighted by atomic mass is 35.5. The van der Waals surface area contributed by atoms with Crippen molar-refractivity contribution in [2.45, 2.75) is 38.3 Å². The van der Waals surface area contributed by atoms with Crippen LogP contribution in [0.15, 0.2) is 30.9 Å². The summed E-state index contributed by atoms with van der Waals surface area (Å²) in [7, 11) is -3.59. The average Bonchev–Trinajstić information content (AvgIpc) is 3.32. The summed E-state index contributed by atoms with van der Waals surface area (Å²) in [5.41, 5.74) is -1.57. The van der Waals surface area contributed by atoms with Gasteiger partial charge in [0.2, 0.25) is 16.0 Å². The number of hydrogen-bond donors (Lipinski definition) is 2. The van der Waals surface area contributed by atoms with Crippen molar-refractivity contribution in [3.05, 3.63) is 52.8 Å². The van der Waals surface area contributed by atoms with E-state index >= 15 is 0 Å². The Bertz CT molecular complexity index is 1430. The van der Waals surface area contributed by atoms with E-state index in [1.54, 1.807) is 6.07 Å². The second-order valence-electron chi connectivity index (χ2n) is 8.98. The van der Waals surface area contributed by atoms with Gasteiger partial charge in [0.05, 0.1) is 17.3 Å². The lowest BCUT2D eigenvalue weighted by Gasteiger charge is -2.33. The third-order valence-corrected chi connectivity index (χ3v) is 7.68. The molecule has 0 unspecified atom stereocenters. The van der Waals surface area contributed by atoms with Gasteiger partial charge in [0.25, 0.3) is 0 Å². The predicted molar refractivity (Wildman–Crippen MR) is 135 cm³/mol. The zero-order valence-corrected chi connectivity index (χ0v) is 22.4. The monoisotopic (exact) mass is 593 g/mol. The highest BCUT2D eigenvalue weighted by molar-refractivity contribution is 7.88. The van der Waals surface area contributed by atoms with E-state index in [0.29, 0.717) is 24.8 Å². The largest absolute Gasteiger partial charge is 0.420 e. The van der Waals surface area contributed by atoms with Gasteiger partial charge in [-0.05, 0) is 30.7 Å². The minimum absolute atomic E-state index is 0.0223. The fourth-order valence-electron chi connectivity index (χ4n) is 4.16.